The number of amides is 1. The number of aromatic nitrogens is 2. The molecule has 2 N–H and O–H groups in total. The molecule has 2 rings (SSSR count). The van der Waals surface area contributed by atoms with Crippen LogP contribution in [0.3, 0.4) is 0 Å². The number of nitrogens with zero attached hydrogens (tertiary/aromatic N) is 2. The zero-order valence-electron chi connectivity index (χ0n) is 12.7. The number of carbonyl (C=O) groups is 2. The molecule has 6 nitrogen and oxygen atoms in total. The Kier molecular flexibility index (Phi) is 5.07. The van der Waals surface area contributed by atoms with Gasteiger partial charge >= 0.3 is 5.97 Å². The summed E-state index contributed by atoms with van der Waals surface area (Å²) in [6.07, 6.45) is 4.08. The van der Waals surface area contributed by atoms with Crippen LogP contribution in [0.4, 0.5) is 0 Å². The van der Waals surface area contributed by atoms with Gasteiger partial charge in [-0.3, -0.25) is 9.20 Å². The summed E-state index contributed by atoms with van der Waals surface area (Å²) in [6.45, 7) is 3.83. The molecule has 0 fully saturated rings. The molecule has 0 bridgehead atoms. The van der Waals surface area contributed by atoms with Gasteiger partial charge in [0.2, 0.25) is 0 Å². The van der Waals surface area contributed by atoms with Crippen molar-refractivity contribution in [2.75, 3.05) is 6.26 Å². The summed E-state index contributed by atoms with van der Waals surface area (Å²) in [4.78, 5) is 28.0. The number of imidazole rings is 1. The molecule has 0 saturated heterocycles. The summed E-state index contributed by atoms with van der Waals surface area (Å²) in [6, 6.07) is 4.56. The molecule has 0 spiro atoms. The molecule has 0 aliphatic heterocycles. The van der Waals surface area contributed by atoms with Crippen LogP contribution in [0.5, 0.6) is 0 Å². The summed E-state index contributed by atoms with van der Waals surface area (Å²) in [5.41, 5.74) is 0.915. The van der Waals surface area contributed by atoms with Crippen LogP contribution in [0.15, 0.2) is 29.6 Å². The first-order valence-corrected chi connectivity index (χ1v) is 8.21. The van der Waals surface area contributed by atoms with Gasteiger partial charge in [0.25, 0.3) is 5.91 Å². The van der Waals surface area contributed by atoms with Gasteiger partial charge in [0.1, 0.15) is 6.04 Å². The Morgan fingerprint density at radius 2 is 2.14 bits per heavy atom. The van der Waals surface area contributed by atoms with Gasteiger partial charge in [0, 0.05) is 6.20 Å². The lowest BCUT2D eigenvalue weighted by Gasteiger charge is -2.15. The number of hydrogen-bond donors (Lipinski definition) is 2. The zero-order valence-corrected chi connectivity index (χ0v) is 13.6. The van der Waals surface area contributed by atoms with E-state index in [1.807, 2.05) is 42.8 Å². The summed E-state index contributed by atoms with van der Waals surface area (Å²) in [7, 11) is 0. The molecular formula is C15H19N3O3S. The lowest BCUT2D eigenvalue weighted by Crippen LogP contribution is -2.41. The van der Waals surface area contributed by atoms with Gasteiger partial charge in [-0.25, -0.2) is 9.78 Å². The molecule has 0 aromatic carbocycles. The fraction of sp³-hybridized carbons (Fsp3) is 0.400. The third-order valence-electron chi connectivity index (χ3n) is 3.22. The van der Waals surface area contributed by atoms with Gasteiger partial charge in [-0.05, 0) is 30.7 Å². The third-order valence-corrected chi connectivity index (χ3v) is 3.88. The van der Waals surface area contributed by atoms with Crippen molar-refractivity contribution in [1.82, 2.24) is 14.7 Å². The Morgan fingerprint density at radius 1 is 1.41 bits per heavy atom. The average Bonchev–Trinajstić information content (AvgIpc) is 2.84. The smallest absolute Gasteiger partial charge is 0.326 e. The van der Waals surface area contributed by atoms with Crippen molar-refractivity contribution in [3.05, 3.63) is 30.1 Å². The summed E-state index contributed by atoms with van der Waals surface area (Å²) < 4.78 is 1.82. The zero-order chi connectivity index (χ0) is 16.3. The molecule has 2 aromatic heterocycles. The molecule has 1 amide bonds. The predicted octanol–water partition coefficient (Wildman–Crippen LogP) is 2.29. The minimum atomic E-state index is -1.03. The van der Waals surface area contributed by atoms with E-state index in [1.165, 1.54) is 11.8 Å². The fourth-order valence-electron chi connectivity index (χ4n) is 2.24. The monoisotopic (exact) mass is 321 g/mol. The number of fused-ring (bicyclic) bond motifs is 1. The first-order valence-electron chi connectivity index (χ1n) is 6.98. The summed E-state index contributed by atoms with van der Waals surface area (Å²) >= 11 is 1.43. The van der Waals surface area contributed by atoms with Gasteiger partial charge in [-0.2, -0.15) is 0 Å². The van der Waals surface area contributed by atoms with Crippen LogP contribution in [0, 0.1) is 5.92 Å². The second kappa shape index (κ2) is 6.83. The van der Waals surface area contributed by atoms with Crippen LogP contribution in [-0.4, -0.2) is 38.7 Å². The molecule has 118 valence electrons. The summed E-state index contributed by atoms with van der Waals surface area (Å²) in [5, 5.41) is 12.5. The molecule has 1 unspecified atom stereocenters. The van der Waals surface area contributed by atoms with E-state index in [9.17, 15) is 14.7 Å². The standard InChI is InChI=1S/C15H19N3O3S/c1-9(2)8-10(14(20)21)16-13(19)12-11-6-4-5-7-18(11)15(17-12)22-3/h4-7,9-10H,8H2,1-3H3,(H,16,19)(H,20,21). The second-order valence-electron chi connectivity index (χ2n) is 5.40. The highest BCUT2D eigenvalue weighted by Gasteiger charge is 2.24. The number of carboxylic acid groups (broad SMARTS) is 1. The van der Waals surface area contributed by atoms with Crippen molar-refractivity contribution in [3.63, 3.8) is 0 Å². The highest BCUT2D eigenvalue weighted by Crippen LogP contribution is 2.20. The van der Waals surface area contributed by atoms with Crippen molar-refractivity contribution in [3.8, 4) is 0 Å². The van der Waals surface area contributed by atoms with Crippen LogP contribution in [0.1, 0.15) is 30.8 Å². The van der Waals surface area contributed by atoms with E-state index < -0.39 is 17.9 Å². The van der Waals surface area contributed by atoms with Gasteiger partial charge in [-0.15, -0.1) is 0 Å². The lowest BCUT2D eigenvalue weighted by atomic mass is 10.0. The van der Waals surface area contributed by atoms with Crippen LogP contribution in [0.2, 0.25) is 0 Å². The van der Waals surface area contributed by atoms with Crippen molar-refractivity contribution in [1.29, 1.82) is 0 Å². The van der Waals surface area contributed by atoms with E-state index in [1.54, 1.807) is 6.07 Å². The molecule has 0 aliphatic carbocycles. The average molecular weight is 321 g/mol. The van der Waals surface area contributed by atoms with Crippen LogP contribution in [-0.2, 0) is 4.79 Å². The number of rotatable bonds is 6. The van der Waals surface area contributed by atoms with Crippen molar-refractivity contribution >= 4 is 29.2 Å². The van der Waals surface area contributed by atoms with Gasteiger partial charge < -0.3 is 10.4 Å². The Bertz CT molecular complexity index is 696. The van der Waals surface area contributed by atoms with Crippen molar-refractivity contribution in [2.45, 2.75) is 31.5 Å². The molecule has 7 heteroatoms. The van der Waals surface area contributed by atoms with E-state index >= 15 is 0 Å². The molecule has 2 aromatic rings. The first-order chi connectivity index (χ1) is 10.4. The van der Waals surface area contributed by atoms with Crippen LogP contribution >= 0.6 is 11.8 Å². The van der Waals surface area contributed by atoms with Gasteiger partial charge in [0.15, 0.2) is 10.9 Å². The van der Waals surface area contributed by atoms with E-state index in [4.69, 9.17) is 0 Å². The maximum absolute atomic E-state index is 12.4. The highest BCUT2D eigenvalue weighted by atomic mass is 32.2. The maximum atomic E-state index is 12.4. The number of thioether (sulfide) groups is 1. The number of aliphatic carboxylic acids is 1. The Labute approximate surface area is 132 Å². The molecule has 1 atom stereocenters. The number of nitrogens with one attached hydrogen (secondary N) is 1. The van der Waals surface area contributed by atoms with Crippen LogP contribution < -0.4 is 5.32 Å². The lowest BCUT2D eigenvalue weighted by molar-refractivity contribution is -0.139. The quantitative estimate of drug-likeness (QED) is 0.798. The highest BCUT2D eigenvalue weighted by molar-refractivity contribution is 7.98. The molecule has 0 saturated carbocycles. The van der Waals surface area contributed by atoms with E-state index in [2.05, 4.69) is 10.3 Å². The number of carbonyl (C=O) groups excluding carboxylic acids is 1. The van der Waals surface area contributed by atoms with Crippen molar-refractivity contribution < 1.29 is 14.7 Å². The van der Waals surface area contributed by atoms with Gasteiger partial charge in [-0.1, -0.05) is 31.7 Å². The van der Waals surface area contributed by atoms with E-state index in [0.29, 0.717) is 17.1 Å². The molecule has 22 heavy (non-hydrogen) atoms. The topological polar surface area (TPSA) is 83.7 Å². The Morgan fingerprint density at radius 3 is 2.73 bits per heavy atom. The van der Waals surface area contributed by atoms with E-state index in [0.717, 1.165) is 0 Å². The summed E-state index contributed by atoms with van der Waals surface area (Å²) in [5.74, 6) is -1.32. The largest absolute Gasteiger partial charge is 0.480 e. The molecule has 2 heterocycles. The Hall–Kier alpha value is -2.02. The number of pyridine rings is 1. The molecule has 0 radical (unpaired) electrons. The number of carboxylic acids is 1. The molecular weight excluding hydrogens is 302 g/mol. The van der Waals surface area contributed by atoms with E-state index in [-0.39, 0.29) is 11.6 Å². The van der Waals surface area contributed by atoms with Crippen LogP contribution in [0.25, 0.3) is 5.52 Å². The SMILES string of the molecule is CSc1nc(C(=O)NC(CC(C)C)C(=O)O)c2ccccn12. The first kappa shape index (κ1) is 16.4. The van der Waals surface area contributed by atoms with Crippen molar-refractivity contribution in [2.24, 2.45) is 5.92 Å². The maximum Gasteiger partial charge on any atom is 0.326 e. The fourth-order valence-corrected chi connectivity index (χ4v) is 2.78. The predicted molar refractivity (Wildman–Crippen MR) is 85.3 cm³/mol. The van der Waals surface area contributed by atoms with Gasteiger partial charge in [0.05, 0.1) is 5.52 Å². The minimum absolute atomic E-state index is 0.168. The Balaban J connectivity index is 2.31. The third kappa shape index (κ3) is 3.41. The normalized spacial score (nSPS) is 12.5. The second-order valence-corrected chi connectivity index (χ2v) is 6.17. The number of hydrogen-bond acceptors (Lipinski definition) is 4. The minimum Gasteiger partial charge on any atom is -0.480 e. The molecule has 0 aliphatic rings.